The van der Waals surface area contributed by atoms with Crippen LogP contribution in [0.4, 0.5) is 9.18 Å². The molecule has 4 rings (SSSR count). The number of benzene rings is 1. The molecule has 0 unspecified atom stereocenters. The average Bonchev–Trinajstić information content (AvgIpc) is 2.75. The molecule has 9 heteroatoms. The number of fused-ring (bicyclic) bond motifs is 1. The molecule has 3 heterocycles. The number of nitrogens with zero attached hydrogens (tertiary/aromatic N) is 4. The molecule has 0 N–H and O–H groups in total. The van der Waals surface area contributed by atoms with Crippen molar-refractivity contribution in [2.24, 2.45) is 0 Å². The quantitative estimate of drug-likeness (QED) is 0.429. The number of pyridine rings is 1. The van der Waals surface area contributed by atoms with Crippen LogP contribution < -0.4 is 0 Å². The van der Waals surface area contributed by atoms with Gasteiger partial charge in [0.1, 0.15) is 12.1 Å². The summed E-state index contributed by atoms with van der Waals surface area (Å²) in [6.45, 7) is 1.24. The van der Waals surface area contributed by atoms with Crippen LogP contribution in [-0.4, -0.2) is 39.0 Å². The normalized spacial score (nSPS) is 14.9. The molecule has 1 aliphatic heterocycles. The Morgan fingerprint density at radius 1 is 1.17 bits per heavy atom. The molecule has 3 aromatic rings. The first-order valence-corrected chi connectivity index (χ1v) is 9.91. The molecule has 0 spiro atoms. The molecule has 2 aromatic heterocycles. The fourth-order valence-corrected chi connectivity index (χ4v) is 3.80. The maximum absolute atomic E-state index is 14.3. The average molecular weight is 435 g/mol. The maximum Gasteiger partial charge on any atom is 0.410 e. The summed E-state index contributed by atoms with van der Waals surface area (Å²) in [7, 11) is 0. The van der Waals surface area contributed by atoms with Gasteiger partial charge in [-0.2, -0.15) is 0 Å². The number of carbonyl (C=O) groups is 1. The van der Waals surface area contributed by atoms with Gasteiger partial charge >= 0.3 is 6.09 Å². The van der Waals surface area contributed by atoms with Crippen LogP contribution in [0.25, 0.3) is 10.9 Å². The summed E-state index contributed by atoms with van der Waals surface area (Å²) in [6.07, 6.45) is 2.41. The van der Waals surface area contributed by atoms with Gasteiger partial charge in [0.15, 0.2) is 11.0 Å². The zero-order chi connectivity index (χ0) is 20.4. The Bertz CT molecular complexity index is 1040. The van der Waals surface area contributed by atoms with Crippen molar-refractivity contribution in [2.75, 3.05) is 13.1 Å². The van der Waals surface area contributed by atoms with Crippen molar-refractivity contribution in [3.63, 3.8) is 0 Å². The van der Waals surface area contributed by atoms with E-state index in [0.29, 0.717) is 37.0 Å². The van der Waals surface area contributed by atoms with Gasteiger partial charge in [-0.15, -0.1) is 0 Å². The molecule has 0 atom stereocenters. The molecule has 1 amide bonds. The van der Waals surface area contributed by atoms with E-state index in [1.807, 2.05) is 30.3 Å². The van der Waals surface area contributed by atoms with Gasteiger partial charge < -0.3 is 9.64 Å². The Morgan fingerprint density at radius 2 is 1.90 bits per heavy atom. The first kappa shape index (κ1) is 19.8. The molecule has 1 aromatic carbocycles. The minimum absolute atomic E-state index is 0.00134. The second kappa shape index (κ2) is 8.47. The van der Waals surface area contributed by atoms with Crippen LogP contribution in [0.15, 0.2) is 36.5 Å². The third-order valence-corrected chi connectivity index (χ3v) is 5.42. The number of carbonyl (C=O) groups excluding carboxylic acids is 1. The van der Waals surface area contributed by atoms with Gasteiger partial charge in [0.05, 0.1) is 5.69 Å². The number of aromatic nitrogens is 3. The van der Waals surface area contributed by atoms with Gasteiger partial charge in [-0.05, 0) is 30.0 Å². The van der Waals surface area contributed by atoms with E-state index in [1.54, 1.807) is 4.90 Å². The maximum atomic E-state index is 14.3. The highest BCUT2D eigenvalue weighted by Crippen LogP contribution is 2.33. The Morgan fingerprint density at radius 3 is 2.62 bits per heavy atom. The molecular formula is C20H17Cl2FN4O2. The van der Waals surface area contributed by atoms with Crippen LogP contribution in [0.5, 0.6) is 0 Å². The molecule has 1 aliphatic rings. The zero-order valence-electron chi connectivity index (χ0n) is 15.3. The number of hydrogen-bond acceptors (Lipinski definition) is 5. The predicted octanol–water partition coefficient (Wildman–Crippen LogP) is 4.99. The summed E-state index contributed by atoms with van der Waals surface area (Å²) >= 11 is 11.8. The Hall–Kier alpha value is -2.51. The summed E-state index contributed by atoms with van der Waals surface area (Å²) in [5, 5.41) is 0.189. The van der Waals surface area contributed by atoms with Crippen molar-refractivity contribution in [2.45, 2.75) is 25.4 Å². The van der Waals surface area contributed by atoms with Crippen LogP contribution >= 0.6 is 23.2 Å². The highest BCUT2D eigenvalue weighted by atomic mass is 35.5. The van der Waals surface area contributed by atoms with Gasteiger partial charge in [0.2, 0.25) is 5.28 Å². The molecule has 0 saturated carbocycles. The minimum Gasteiger partial charge on any atom is -0.445 e. The largest absolute Gasteiger partial charge is 0.445 e. The second-order valence-electron chi connectivity index (χ2n) is 6.80. The smallest absolute Gasteiger partial charge is 0.410 e. The van der Waals surface area contributed by atoms with Crippen LogP contribution in [0.2, 0.25) is 10.4 Å². The number of rotatable bonds is 3. The van der Waals surface area contributed by atoms with Gasteiger partial charge in [-0.3, -0.25) is 0 Å². The lowest BCUT2D eigenvalue weighted by atomic mass is 9.91. The third-order valence-electron chi connectivity index (χ3n) is 4.99. The number of likely N-dealkylation sites (tertiary alicyclic amines) is 1. The molecular weight excluding hydrogens is 418 g/mol. The fourth-order valence-electron chi connectivity index (χ4n) is 3.49. The lowest BCUT2D eigenvalue weighted by Crippen LogP contribution is -2.38. The van der Waals surface area contributed by atoms with Crippen LogP contribution in [0.1, 0.15) is 30.0 Å². The number of halogens is 3. The van der Waals surface area contributed by atoms with E-state index in [4.69, 9.17) is 27.9 Å². The Balaban J connectivity index is 1.44. The molecule has 0 radical (unpaired) electrons. The first-order valence-electron chi connectivity index (χ1n) is 9.15. The molecule has 1 fully saturated rings. The van der Waals surface area contributed by atoms with Crippen molar-refractivity contribution in [3.8, 4) is 0 Å². The van der Waals surface area contributed by atoms with E-state index in [0.717, 1.165) is 5.56 Å². The van der Waals surface area contributed by atoms with Gasteiger partial charge in [0, 0.05) is 30.6 Å². The Labute approximate surface area is 176 Å². The second-order valence-corrected chi connectivity index (χ2v) is 7.50. The number of amides is 1. The molecule has 0 aliphatic carbocycles. The van der Waals surface area contributed by atoms with E-state index >= 15 is 0 Å². The monoisotopic (exact) mass is 434 g/mol. The SMILES string of the molecule is O=C(OCc1ccccc1)N1CCC(c2nc(Cl)nc3c(F)c(Cl)ncc23)CC1. The van der Waals surface area contributed by atoms with E-state index in [9.17, 15) is 9.18 Å². The number of piperidine rings is 1. The van der Waals surface area contributed by atoms with Crippen molar-refractivity contribution in [1.82, 2.24) is 19.9 Å². The third kappa shape index (κ3) is 4.26. The summed E-state index contributed by atoms with van der Waals surface area (Å²) in [5.74, 6) is -0.713. The summed E-state index contributed by atoms with van der Waals surface area (Å²) in [5.41, 5.74) is 1.62. The highest BCUT2D eigenvalue weighted by molar-refractivity contribution is 6.30. The van der Waals surface area contributed by atoms with Crippen molar-refractivity contribution >= 4 is 40.2 Å². The fraction of sp³-hybridized carbons (Fsp3) is 0.300. The number of hydrogen-bond donors (Lipinski definition) is 0. The highest BCUT2D eigenvalue weighted by Gasteiger charge is 2.28. The predicted molar refractivity (Wildman–Crippen MR) is 107 cm³/mol. The van der Waals surface area contributed by atoms with Crippen molar-refractivity contribution in [1.29, 1.82) is 0 Å². The number of ether oxygens (including phenoxy) is 1. The molecule has 150 valence electrons. The molecule has 1 saturated heterocycles. The minimum atomic E-state index is -0.711. The van der Waals surface area contributed by atoms with E-state index in [-0.39, 0.29) is 34.6 Å². The zero-order valence-corrected chi connectivity index (χ0v) is 16.8. The van der Waals surface area contributed by atoms with Crippen LogP contribution in [0, 0.1) is 5.82 Å². The molecule has 0 bridgehead atoms. The summed E-state index contributed by atoms with van der Waals surface area (Å²) in [6, 6.07) is 9.52. The van der Waals surface area contributed by atoms with E-state index in [1.165, 1.54) is 6.20 Å². The Kier molecular flexibility index (Phi) is 5.78. The topological polar surface area (TPSA) is 68.2 Å². The lowest BCUT2D eigenvalue weighted by Gasteiger charge is -2.31. The van der Waals surface area contributed by atoms with Crippen molar-refractivity contribution in [3.05, 3.63) is 64.0 Å². The standard InChI is InChI=1S/C20H17Cl2FN4O2/c21-18-15(23)17-14(10-24-18)16(25-19(22)26-17)13-6-8-27(9-7-13)20(28)29-11-12-4-2-1-3-5-12/h1-5,10,13H,6-9,11H2. The van der Waals surface area contributed by atoms with Crippen LogP contribution in [-0.2, 0) is 11.3 Å². The first-order chi connectivity index (χ1) is 14.0. The van der Waals surface area contributed by atoms with Gasteiger partial charge in [-0.25, -0.2) is 24.1 Å². The molecule has 29 heavy (non-hydrogen) atoms. The molecule has 6 nitrogen and oxygen atoms in total. The van der Waals surface area contributed by atoms with E-state index < -0.39 is 5.82 Å². The summed E-state index contributed by atoms with van der Waals surface area (Å²) < 4.78 is 19.7. The van der Waals surface area contributed by atoms with Crippen molar-refractivity contribution < 1.29 is 13.9 Å². The van der Waals surface area contributed by atoms with Gasteiger partial charge in [0.25, 0.3) is 0 Å². The summed E-state index contributed by atoms with van der Waals surface area (Å²) in [4.78, 5) is 26.2. The van der Waals surface area contributed by atoms with Gasteiger partial charge in [-0.1, -0.05) is 41.9 Å². The van der Waals surface area contributed by atoms with E-state index in [2.05, 4.69) is 15.0 Å². The lowest BCUT2D eigenvalue weighted by molar-refractivity contribution is 0.0869. The van der Waals surface area contributed by atoms with Crippen LogP contribution in [0.3, 0.4) is 0 Å².